The van der Waals surface area contributed by atoms with Gasteiger partial charge in [-0.15, -0.1) is 11.3 Å². The number of hydrogen-bond donors (Lipinski definition) is 1. The third-order valence-corrected chi connectivity index (χ3v) is 5.58. The molecule has 1 unspecified atom stereocenters. The molecule has 0 aromatic carbocycles. The van der Waals surface area contributed by atoms with Gasteiger partial charge in [0.15, 0.2) is 0 Å². The number of nitrogens with one attached hydrogen (secondary N) is 1. The number of likely N-dealkylation sites (N-methyl/N-ethyl adjacent to an activating group) is 2. The second-order valence-corrected chi connectivity index (χ2v) is 7.54. The second-order valence-electron chi connectivity index (χ2n) is 6.20. The van der Waals surface area contributed by atoms with Crippen molar-refractivity contribution in [3.8, 4) is 0 Å². The Bertz CT molecular complexity index is 430. The fourth-order valence-electron chi connectivity index (χ4n) is 3.31. The Morgan fingerprint density at radius 2 is 2.24 bits per heavy atom. The van der Waals surface area contributed by atoms with Crippen molar-refractivity contribution in [3.05, 3.63) is 21.4 Å². The zero-order valence-electron chi connectivity index (χ0n) is 14.1. The summed E-state index contributed by atoms with van der Waals surface area (Å²) in [5.41, 5.74) is 1.51. The molecule has 1 aliphatic rings. The van der Waals surface area contributed by atoms with Crippen molar-refractivity contribution in [1.29, 1.82) is 0 Å². The molecule has 1 saturated heterocycles. The number of thiophene rings is 1. The van der Waals surface area contributed by atoms with Crippen LogP contribution in [0.1, 0.15) is 42.0 Å². The Balaban J connectivity index is 1.87. The van der Waals surface area contributed by atoms with Crippen LogP contribution in [-0.4, -0.2) is 49.1 Å². The molecule has 0 amide bonds. The summed E-state index contributed by atoms with van der Waals surface area (Å²) in [7, 11) is 2.27. The summed E-state index contributed by atoms with van der Waals surface area (Å²) in [5.74, 6) is 0. The van der Waals surface area contributed by atoms with Crippen molar-refractivity contribution >= 4 is 11.3 Å². The van der Waals surface area contributed by atoms with Crippen LogP contribution in [0.3, 0.4) is 0 Å². The molecule has 1 fully saturated rings. The van der Waals surface area contributed by atoms with E-state index in [-0.39, 0.29) is 0 Å². The molecule has 1 aliphatic heterocycles. The van der Waals surface area contributed by atoms with Crippen molar-refractivity contribution in [1.82, 2.24) is 15.1 Å². The molecule has 2 heterocycles. The third-order valence-electron chi connectivity index (χ3n) is 4.49. The van der Waals surface area contributed by atoms with Gasteiger partial charge in [-0.05, 0) is 58.1 Å². The summed E-state index contributed by atoms with van der Waals surface area (Å²) in [4.78, 5) is 8.08. The van der Waals surface area contributed by atoms with E-state index in [0.717, 1.165) is 25.7 Å². The van der Waals surface area contributed by atoms with Crippen LogP contribution in [0, 0.1) is 6.92 Å². The molecule has 1 atom stereocenters. The minimum absolute atomic E-state index is 0.764. The first kappa shape index (κ1) is 16.9. The lowest BCUT2D eigenvalue weighted by Gasteiger charge is -2.27. The van der Waals surface area contributed by atoms with Crippen LogP contribution in [0.2, 0.25) is 0 Å². The lowest BCUT2D eigenvalue weighted by Crippen LogP contribution is -2.38. The molecule has 21 heavy (non-hydrogen) atoms. The van der Waals surface area contributed by atoms with Gasteiger partial charge in [-0.25, -0.2) is 0 Å². The zero-order chi connectivity index (χ0) is 15.2. The third kappa shape index (κ3) is 4.78. The van der Waals surface area contributed by atoms with Crippen LogP contribution < -0.4 is 5.32 Å². The molecule has 1 aromatic heterocycles. The van der Waals surface area contributed by atoms with E-state index < -0.39 is 0 Å². The maximum atomic E-state index is 3.42. The number of rotatable bonds is 8. The minimum Gasteiger partial charge on any atom is -0.312 e. The van der Waals surface area contributed by atoms with Crippen molar-refractivity contribution in [3.63, 3.8) is 0 Å². The molecule has 4 heteroatoms. The van der Waals surface area contributed by atoms with Gasteiger partial charge in [-0.2, -0.15) is 0 Å². The van der Waals surface area contributed by atoms with Gasteiger partial charge in [-0.1, -0.05) is 13.8 Å². The van der Waals surface area contributed by atoms with E-state index in [0.29, 0.717) is 0 Å². The summed E-state index contributed by atoms with van der Waals surface area (Å²) in [6.07, 6.45) is 2.74. The molecule has 1 N–H and O–H groups in total. The van der Waals surface area contributed by atoms with Crippen LogP contribution in [0.15, 0.2) is 6.07 Å². The van der Waals surface area contributed by atoms with E-state index in [4.69, 9.17) is 0 Å². The highest BCUT2D eigenvalue weighted by atomic mass is 32.1. The summed E-state index contributed by atoms with van der Waals surface area (Å²) in [6.45, 7) is 13.5. The van der Waals surface area contributed by atoms with E-state index in [1.165, 1.54) is 47.8 Å². The monoisotopic (exact) mass is 309 g/mol. The number of nitrogens with zero attached hydrogens (tertiary/aromatic N) is 2. The number of aryl methyl sites for hydroxylation is 1. The van der Waals surface area contributed by atoms with E-state index in [2.05, 4.69) is 49.0 Å². The molecule has 120 valence electrons. The van der Waals surface area contributed by atoms with Gasteiger partial charge in [-0.3, -0.25) is 4.90 Å². The molecule has 1 aromatic rings. The van der Waals surface area contributed by atoms with Gasteiger partial charge >= 0.3 is 0 Å². The predicted molar refractivity (Wildman–Crippen MR) is 93.0 cm³/mol. The SMILES string of the molecule is CCNCc1cc(CN(C)CC2CCCN2CC)c(C)s1. The zero-order valence-corrected chi connectivity index (χ0v) is 14.9. The molecular formula is C17H31N3S. The first-order chi connectivity index (χ1) is 10.1. The fraction of sp³-hybridized carbons (Fsp3) is 0.765. The van der Waals surface area contributed by atoms with Gasteiger partial charge in [0.2, 0.25) is 0 Å². The van der Waals surface area contributed by atoms with Crippen molar-refractivity contribution in [2.75, 3.05) is 33.2 Å². The summed E-state index contributed by atoms with van der Waals surface area (Å²) in [6, 6.07) is 3.16. The second kappa shape index (κ2) is 8.28. The molecular weight excluding hydrogens is 278 g/mol. The molecule has 0 radical (unpaired) electrons. The maximum absolute atomic E-state index is 3.42. The topological polar surface area (TPSA) is 18.5 Å². The highest BCUT2D eigenvalue weighted by Gasteiger charge is 2.24. The summed E-state index contributed by atoms with van der Waals surface area (Å²) >= 11 is 1.94. The lowest BCUT2D eigenvalue weighted by atomic mass is 10.2. The van der Waals surface area contributed by atoms with E-state index in [1.807, 2.05) is 11.3 Å². The van der Waals surface area contributed by atoms with Gasteiger partial charge in [0, 0.05) is 35.4 Å². The standard InChI is InChI=1S/C17H31N3S/c1-5-18-11-17-10-15(14(3)21-17)12-19(4)13-16-8-7-9-20(16)6-2/h10,16,18H,5-9,11-13H2,1-4H3. The maximum Gasteiger partial charge on any atom is 0.0299 e. The van der Waals surface area contributed by atoms with Crippen molar-refractivity contribution in [2.24, 2.45) is 0 Å². The number of hydrogen-bond acceptors (Lipinski definition) is 4. The Hall–Kier alpha value is -0.420. The molecule has 3 nitrogen and oxygen atoms in total. The minimum atomic E-state index is 0.764. The van der Waals surface area contributed by atoms with Crippen molar-refractivity contribution < 1.29 is 0 Å². The van der Waals surface area contributed by atoms with Gasteiger partial charge in [0.25, 0.3) is 0 Å². The number of likely N-dealkylation sites (tertiary alicyclic amines) is 1. The van der Waals surface area contributed by atoms with E-state index >= 15 is 0 Å². The van der Waals surface area contributed by atoms with Crippen LogP contribution in [-0.2, 0) is 13.1 Å². The van der Waals surface area contributed by atoms with Crippen LogP contribution in [0.25, 0.3) is 0 Å². The highest BCUT2D eigenvalue weighted by molar-refractivity contribution is 7.12. The molecule has 0 spiro atoms. The molecule has 2 rings (SSSR count). The Morgan fingerprint density at radius 1 is 1.43 bits per heavy atom. The van der Waals surface area contributed by atoms with Gasteiger partial charge < -0.3 is 10.2 Å². The van der Waals surface area contributed by atoms with E-state index in [9.17, 15) is 0 Å². The van der Waals surface area contributed by atoms with Crippen LogP contribution >= 0.6 is 11.3 Å². The van der Waals surface area contributed by atoms with Crippen molar-refractivity contribution in [2.45, 2.75) is 52.7 Å². The molecule has 0 aliphatic carbocycles. The lowest BCUT2D eigenvalue weighted by molar-refractivity contribution is 0.195. The average molecular weight is 310 g/mol. The largest absolute Gasteiger partial charge is 0.312 e. The van der Waals surface area contributed by atoms with Crippen LogP contribution in [0.5, 0.6) is 0 Å². The van der Waals surface area contributed by atoms with Gasteiger partial charge in [0.05, 0.1) is 0 Å². The fourth-order valence-corrected chi connectivity index (χ4v) is 4.34. The summed E-state index contributed by atoms with van der Waals surface area (Å²) in [5, 5.41) is 3.42. The summed E-state index contributed by atoms with van der Waals surface area (Å²) < 4.78 is 0. The van der Waals surface area contributed by atoms with E-state index in [1.54, 1.807) is 0 Å². The smallest absolute Gasteiger partial charge is 0.0299 e. The van der Waals surface area contributed by atoms with Crippen LogP contribution in [0.4, 0.5) is 0 Å². The highest BCUT2D eigenvalue weighted by Crippen LogP contribution is 2.24. The Kier molecular flexibility index (Phi) is 6.68. The average Bonchev–Trinajstić information content (AvgIpc) is 3.03. The quantitative estimate of drug-likeness (QED) is 0.796. The predicted octanol–water partition coefficient (Wildman–Crippen LogP) is 3.08. The van der Waals surface area contributed by atoms with Gasteiger partial charge in [0.1, 0.15) is 0 Å². The Labute approximate surface area is 134 Å². The molecule has 0 saturated carbocycles. The normalized spacial score (nSPS) is 19.8. The Morgan fingerprint density at radius 3 is 2.95 bits per heavy atom. The first-order valence-corrected chi connectivity index (χ1v) is 9.17. The first-order valence-electron chi connectivity index (χ1n) is 8.35. The molecule has 0 bridgehead atoms.